The molecule has 6 rings (SSSR count). The van der Waals surface area contributed by atoms with E-state index >= 15 is 0 Å². The molecule has 1 N–H and O–H groups in total. The SMILES string of the molecule is CCCOc1ccc(C(=O)Oc2ccc3c(c2OC(=O)c2ccc(OCCC)cc2)-c2cccc4c2[C@@H](C3)[NH+](C)CC4)cc1. The molecule has 0 saturated carbocycles. The topological polar surface area (TPSA) is 75.5 Å². The summed E-state index contributed by atoms with van der Waals surface area (Å²) in [4.78, 5) is 28.4. The molecule has 1 aliphatic heterocycles. The molecule has 1 heterocycles. The lowest BCUT2D eigenvalue weighted by Gasteiger charge is -2.37. The van der Waals surface area contributed by atoms with Gasteiger partial charge in [0, 0.05) is 24.0 Å². The summed E-state index contributed by atoms with van der Waals surface area (Å²) in [7, 11) is 2.24. The van der Waals surface area contributed by atoms with E-state index in [9.17, 15) is 9.59 Å². The van der Waals surface area contributed by atoms with Crippen molar-refractivity contribution in [1.29, 1.82) is 0 Å². The fourth-order valence-electron chi connectivity index (χ4n) is 6.09. The molecule has 4 aromatic carbocycles. The van der Waals surface area contributed by atoms with Crippen LogP contribution in [0.1, 0.15) is 70.1 Å². The number of nitrogens with one attached hydrogen (secondary N) is 1. The van der Waals surface area contributed by atoms with Gasteiger partial charge < -0.3 is 23.8 Å². The van der Waals surface area contributed by atoms with Crippen LogP contribution in [0.25, 0.3) is 11.1 Å². The molecular formula is C37H38NO6+. The van der Waals surface area contributed by atoms with E-state index in [1.807, 2.05) is 19.9 Å². The van der Waals surface area contributed by atoms with Gasteiger partial charge in [-0.25, -0.2) is 9.59 Å². The monoisotopic (exact) mass is 592 g/mol. The molecular weight excluding hydrogens is 554 g/mol. The first-order valence-electron chi connectivity index (χ1n) is 15.5. The van der Waals surface area contributed by atoms with Gasteiger partial charge in [0.2, 0.25) is 0 Å². The molecule has 2 atom stereocenters. The van der Waals surface area contributed by atoms with Gasteiger partial charge in [-0.15, -0.1) is 0 Å². The van der Waals surface area contributed by atoms with Gasteiger partial charge in [-0.1, -0.05) is 38.1 Å². The second kappa shape index (κ2) is 12.9. The van der Waals surface area contributed by atoms with Crippen molar-refractivity contribution < 1.29 is 33.4 Å². The number of hydrogen-bond donors (Lipinski definition) is 1. The Balaban J connectivity index is 1.38. The van der Waals surface area contributed by atoms with Crippen LogP contribution >= 0.6 is 0 Å². The van der Waals surface area contributed by atoms with Gasteiger partial charge in [0.15, 0.2) is 11.5 Å². The van der Waals surface area contributed by atoms with Gasteiger partial charge in [-0.2, -0.15) is 0 Å². The highest BCUT2D eigenvalue weighted by Gasteiger charge is 2.38. The van der Waals surface area contributed by atoms with Gasteiger partial charge in [0.1, 0.15) is 17.5 Å². The summed E-state index contributed by atoms with van der Waals surface area (Å²) >= 11 is 0. The number of benzene rings is 4. The van der Waals surface area contributed by atoms with Gasteiger partial charge in [-0.05, 0) is 84.1 Å². The van der Waals surface area contributed by atoms with Crippen LogP contribution in [0.3, 0.4) is 0 Å². The maximum Gasteiger partial charge on any atom is 0.343 e. The van der Waals surface area contributed by atoms with Crippen molar-refractivity contribution in [3.63, 3.8) is 0 Å². The molecule has 226 valence electrons. The van der Waals surface area contributed by atoms with Crippen LogP contribution in [0.4, 0.5) is 0 Å². The van der Waals surface area contributed by atoms with Crippen LogP contribution in [0.15, 0.2) is 78.9 Å². The average molecular weight is 593 g/mol. The van der Waals surface area contributed by atoms with E-state index in [2.05, 4.69) is 25.2 Å². The predicted molar refractivity (Wildman–Crippen MR) is 168 cm³/mol. The highest BCUT2D eigenvalue weighted by atomic mass is 16.6. The van der Waals surface area contributed by atoms with Crippen molar-refractivity contribution in [3.8, 4) is 34.1 Å². The van der Waals surface area contributed by atoms with Gasteiger partial charge in [0.25, 0.3) is 0 Å². The van der Waals surface area contributed by atoms with Crippen molar-refractivity contribution in [2.45, 2.75) is 45.6 Å². The number of ether oxygens (including phenoxy) is 4. The van der Waals surface area contributed by atoms with Crippen molar-refractivity contribution in [3.05, 3.63) is 107 Å². The molecule has 44 heavy (non-hydrogen) atoms. The van der Waals surface area contributed by atoms with Crippen molar-refractivity contribution >= 4 is 11.9 Å². The largest absolute Gasteiger partial charge is 0.494 e. The Morgan fingerprint density at radius 1 is 0.750 bits per heavy atom. The average Bonchev–Trinajstić information content (AvgIpc) is 3.05. The summed E-state index contributed by atoms with van der Waals surface area (Å²) in [6.07, 6.45) is 3.56. The van der Waals surface area contributed by atoms with E-state index in [1.54, 1.807) is 54.6 Å². The lowest BCUT2D eigenvalue weighted by molar-refractivity contribution is -0.914. The highest BCUT2D eigenvalue weighted by molar-refractivity contribution is 5.96. The van der Waals surface area contributed by atoms with E-state index in [0.29, 0.717) is 41.9 Å². The van der Waals surface area contributed by atoms with E-state index in [1.165, 1.54) is 16.0 Å². The number of quaternary nitrogens is 1. The molecule has 7 nitrogen and oxygen atoms in total. The zero-order chi connectivity index (χ0) is 30.6. The first-order chi connectivity index (χ1) is 21.5. The lowest BCUT2D eigenvalue weighted by atomic mass is 9.77. The number of carbonyl (C=O) groups is 2. The zero-order valence-electron chi connectivity index (χ0n) is 25.5. The molecule has 0 spiro atoms. The maximum atomic E-state index is 13.6. The first kappa shape index (κ1) is 29.5. The standard InChI is InChI=1S/C37H37NO6/c1-4-21-41-28-14-9-25(10-15-28)36(39)43-32-18-13-27-23-31-33-24(19-20-38(31)3)7-6-8-30(33)34(27)35(32)44-37(40)26-11-16-29(17-12-26)42-22-5-2/h6-18,31H,4-5,19-23H2,1-3H3/p+1/t31-/m1/s1. The van der Waals surface area contributed by atoms with Crippen molar-refractivity contribution in [2.24, 2.45) is 0 Å². The summed E-state index contributed by atoms with van der Waals surface area (Å²) in [6.45, 7) is 6.34. The van der Waals surface area contributed by atoms with Gasteiger partial charge >= 0.3 is 11.9 Å². The molecule has 1 aliphatic carbocycles. The predicted octanol–water partition coefficient (Wildman–Crippen LogP) is 6.04. The number of esters is 2. The third-order valence-corrected chi connectivity index (χ3v) is 8.35. The third kappa shape index (κ3) is 5.92. The van der Waals surface area contributed by atoms with Crippen LogP contribution in [0.2, 0.25) is 0 Å². The van der Waals surface area contributed by atoms with E-state index in [-0.39, 0.29) is 11.5 Å². The summed E-state index contributed by atoms with van der Waals surface area (Å²) in [5.41, 5.74) is 6.23. The molecule has 0 amide bonds. The molecule has 0 bridgehead atoms. The Morgan fingerprint density at radius 3 is 1.98 bits per heavy atom. The van der Waals surface area contributed by atoms with Crippen molar-refractivity contribution in [2.75, 3.05) is 26.8 Å². The van der Waals surface area contributed by atoms with Crippen LogP contribution in [-0.4, -0.2) is 38.7 Å². The number of likely N-dealkylation sites (N-methyl/N-ethyl adjacent to an activating group) is 1. The molecule has 2 aliphatic rings. The Bertz CT molecular complexity index is 1660. The van der Waals surface area contributed by atoms with E-state index in [4.69, 9.17) is 18.9 Å². The zero-order valence-corrected chi connectivity index (χ0v) is 25.5. The van der Waals surface area contributed by atoms with E-state index in [0.717, 1.165) is 48.9 Å². The summed E-state index contributed by atoms with van der Waals surface area (Å²) < 4.78 is 23.5. The molecule has 4 aromatic rings. The molecule has 0 aromatic heterocycles. The van der Waals surface area contributed by atoms with Crippen LogP contribution in [0.5, 0.6) is 23.0 Å². The summed E-state index contributed by atoms with van der Waals surface area (Å²) in [5.74, 6) is 0.747. The Labute approximate surface area is 258 Å². The lowest BCUT2D eigenvalue weighted by Crippen LogP contribution is -3.10. The second-order valence-corrected chi connectivity index (χ2v) is 11.4. The minimum atomic E-state index is -0.547. The highest BCUT2D eigenvalue weighted by Crippen LogP contribution is 2.49. The van der Waals surface area contributed by atoms with Crippen LogP contribution in [-0.2, 0) is 12.8 Å². The van der Waals surface area contributed by atoms with Gasteiger partial charge in [-0.3, -0.25) is 0 Å². The van der Waals surface area contributed by atoms with Crippen LogP contribution in [0, 0.1) is 0 Å². The minimum Gasteiger partial charge on any atom is -0.494 e. The van der Waals surface area contributed by atoms with Crippen molar-refractivity contribution in [1.82, 2.24) is 0 Å². The molecule has 1 unspecified atom stereocenters. The fourth-order valence-corrected chi connectivity index (χ4v) is 6.09. The second-order valence-electron chi connectivity index (χ2n) is 11.4. The number of fused-ring (bicyclic) bond motifs is 2. The minimum absolute atomic E-state index is 0.198. The normalized spacial score (nSPS) is 16.3. The summed E-state index contributed by atoms with van der Waals surface area (Å²) in [5, 5.41) is 0. The molecule has 0 fully saturated rings. The van der Waals surface area contributed by atoms with Gasteiger partial charge in [0.05, 0.1) is 37.9 Å². The quantitative estimate of drug-likeness (QED) is 0.179. The first-order valence-corrected chi connectivity index (χ1v) is 15.5. The maximum absolute atomic E-state index is 13.6. The number of carbonyl (C=O) groups excluding carboxylic acids is 2. The Hall–Kier alpha value is -4.62. The van der Waals surface area contributed by atoms with E-state index < -0.39 is 11.9 Å². The Kier molecular flexibility index (Phi) is 8.66. The molecule has 0 saturated heterocycles. The summed E-state index contributed by atoms with van der Waals surface area (Å²) in [6, 6.07) is 24.1. The molecule has 0 radical (unpaired) electrons. The Morgan fingerprint density at radius 2 is 1.36 bits per heavy atom. The smallest absolute Gasteiger partial charge is 0.343 e. The van der Waals surface area contributed by atoms with Crippen LogP contribution < -0.4 is 23.8 Å². The molecule has 7 heteroatoms. The third-order valence-electron chi connectivity index (χ3n) is 8.35. The number of rotatable bonds is 10. The number of hydrogen-bond acceptors (Lipinski definition) is 6. The fraction of sp³-hybridized carbons (Fsp3) is 0.297.